The van der Waals surface area contributed by atoms with Crippen molar-refractivity contribution < 1.29 is 4.39 Å². The van der Waals surface area contributed by atoms with Crippen LogP contribution in [-0.2, 0) is 13.5 Å². The summed E-state index contributed by atoms with van der Waals surface area (Å²) in [7, 11) is 1.72. The van der Waals surface area contributed by atoms with E-state index in [1.807, 2.05) is 24.3 Å². The van der Waals surface area contributed by atoms with Gasteiger partial charge in [0, 0.05) is 13.2 Å². The Hall–Kier alpha value is -1.64. The molecule has 0 radical (unpaired) electrons. The second-order valence-electron chi connectivity index (χ2n) is 3.95. The van der Waals surface area contributed by atoms with E-state index in [0.29, 0.717) is 5.56 Å². The van der Waals surface area contributed by atoms with Gasteiger partial charge < -0.3 is 0 Å². The van der Waals surface area contributed by atoms with Gasteiger partial charge in [-0.15, -0.1) is 5.10 Å². The predicted octanol–water partition coefficient (Wildman–Crippen LogP) is 3.18. The molecule has 2 aromatic rings. The molecule has 0 saturated heterocycles. The summed E-state index contributed by atoms with van der Waals surface area (Å²) in [6.45, 7) is 2.15. The zero-order valence-corrected chi connectivity index (χ0v) is 9.57. The number of rotatable bonds is 3. The molecular weight excluding hydrogens is 203 g/mol. The van der Waals surface area contributed by atoms with Crippen molar-refractivity contribution in [3.05, 3.63) is 42.0 Å². The van der Waals surface area contributed by atoms with Crippen LogP contribution in [0.15, 0.2) is 30.5 Å². The van der Waals surface area contributed by atoms with Gasteiger partial charge >= 0.3 is 0 Å². The molecule has 0 amide bonds. The molecule has 0 saturated carbocycles. The molecule has 16 heavy (non-hydrogen) atoms. The highest BCUT2D eigenvalue weighted by Crippen LogP contribution is 2.22. The highest BCUT2D eigenvalue weighted by molar-refractivity contribution is 5.62. The fraction of sp³-hybridized carbons (Fsp3) is 0.308. The van der Waals surface area contributed by atoms with Gasteiger partial charge in [0.1, 0.15) is 0 Å². The van der Waals surface area contributed by atoms with Crippen molar-refractivity contribution in [3.63, 3.8) is 0 Å². The van der Waals surface area contributed by atoms with Crippen molar-refractivity contribution in [2.24, 2.45) is 7.05 Å². The van der Waals surface area contributed by atoms with E-state index < -0.39 is 5.95 Å². The smallest absolute Gasteiger partial charge is 0.240 e. The average Bonchev–Trinajstić information content (AvgIpc) is 2.59. The van der Waals surface area contributed by atoms with Crippen molar-refractivity contribution in [1.82, 2.24) is 9.78 Å². The first kappa shape index (κ1) is 10.9. The normalized spacial score (nSPS) is 10.7. The van der Waals surface area contributed by atoms with E-state index in [9.17, 15) is 4.39 Å². The molecule has 0 unspecified atom stereocenters. The fourth-order valence-corrected chi connectivity index (χ4v) is 1.79. The lowest BCUT2D eigenvalue weighted by Crippen LogP contribution is -1.86. The van der Waals surface area contributed by atoms with Crippen LogP contribution in [0.4, 0.5) is 4.39 Å². The van der Waals surface area contributed by atoms with Crippen LogP contribution in [0.5, 0.6) is 0 Å². The maximum atomic E-state index is 13.4. The predicted molar refractivity (Wildman–Crippen MR) is 62.6 cm³/mol. The Kier molecular flexibility index (Phi) is 3.04. The summed E-state index contributed by atoms with van der Waals surface area (Å²) in [4.78, 5) is 0. The standard InChI is InChI=1S/C13H15FN2/c1-3-4-10-5-7-11(8-6-10)12-9-16(2)15-13(12)14/h5-9H,3-4H2,1-2H3. The van der Waals surface area contributed by atoms with Gasteiger partial charge in [-0.1, -0.05) is 37.6 Å². The van der Waals surface area contributed by atoms with Gasteiger partial charge in [0.2, 0.25) is 5.95 Å². The second-order valence-corrected chi connectivity index (χ2v) is 3.95. The minimum absolute atomic E-state index is 0.411. The number of benzene rings is 1. The lowest BCUT2D eigenvalue weighted by molar-refractivity contribution is 0.555. The third-order valence-corrected chi connectivity index (χ3v) is 2.59. The highest BCUT2D eigenvalue weighted by atomic mass is 19.1. The molecule has 3 heteroatoms. The molecule has 0 aliphatic carbocycles. The lowest BCUT2D eigenvalue weighted by atomic mass is 10.0. The Morgan fingerprint density at radius 3 is 2.44 bits per heavy atom. The van der Waals surface area contributed by atoms with E-state index in [2.05, 4.69) is 12.0 Å². The number of nitrogens with zero attached hydrogens (tertiary/aromatic N) is 2. The van der Waals surface area contributed by atoms with Crippen molar-refractivity contribution in [1.29, 1.82) is 0 Å². The van der Waals surface area contributed by atoms with Gasteiger partial charge in [-0.25, -0.2) is 0 Å². The van der Waals surface area contributed by atoms with Gasteiger partial charge in [-0.2, -0.15) is 4.39 Å². The Bertz CT molecular complexity index is 471. The van der Waals surface area contributed by atoms with E-state index in [0.717, 1.165) is 18.4 Å². The molecular formula is C13H15FN2. The van der Waals surface area contributed by atoms with Gasteiger partial charge in [-0.3, -0.25) is 4.68 Å². The number of hydrogen-bond donors (Lipinski definition) is 0. The molecule has 2 rings (SSSR count). The first-order valence-electron chi connectivity index (χ1n) is 5.49. The van der Waals surface area contributed by atoms with Crippen LogP contribution in [0, 0.1) is 5.95 Å². The van der Waals surface area contributed by atoms with Crippen molar-refractivity contribution in [2.75, 3.05) is 0 Å². The minimum atomic E-state index is -0.411. The average molecular weight is 218 g/mol. The summed E-state index contributed by atoms with van der Waals surface area (Å²) in [6.07, 6.45) is 3.89. The van der Waals surface area contributed by atoms with Gasteiger partial charge in [0.05, 0.1) is 5.56 Å². The zero-order valence-electron chi connectivity index (χ0n) is 9.57. The molecule has 0 fully saturated rings. The summed E-state index contributed by atoms with van der Waals surface area (Å²) in [5, 5.41) is 3.70. The van der Waals surface area contributed by atoms with E-state index >= 15 is 0 Å². The Morgan fingerprint density at radius 1 is 1.25 bits per heavy atom. The molecule has 0 atom stereocenters. The van der Waals surface area contributed by atoms with Gasteiger partial charge in [0.25, 0.3) is 0 Å². The topological polar surface area (TPSA) is 17.8 Å². The van der Waals surface area contributed by atoms with Crippen LogP contribution in [0.2, 0.25) is 0 Å². The Balaban J connectivity index is 2.31. The first-order chi connectivity index (χ1) is 7.70. The molecule has 0 N–H and O–H groups in total. The fourth-order valence-electron chi connectivity index (χ4n) is 1.79. The number of halogens is 1. The largest absolute Gasteiger partial charge is 0.272 e. The van der Waals surface area contributed by atoms with Crippen LogP contribution in [0.3, 0.4) is 0 Å². The molecule has 1 aromatic carbocycles. The van der Waals surface area contributed by atoms with E-state index in [-0.39, 0.29) is 0 Å². The van der Waals surface area contributed by atoms with Gasteiger partial charge in [-0.05, 0) is 17.5 Å². The third kappa shape index (κ3) is 2.13. The molecule has 0 aliphatic heterocycles. The van der Waals surface area contributed by atoms with Crippen molar-refractivity contribution in [3.8, 4) is 11.1 Å². The Labute approximate surface area is 94.7 Å². The van der Waals surface area contributed by atoms with Crippen LogP contribution < -0.4 is 0 Å². The summed E-state index contributed by atoms with van der Waals surface area (Å²) in [6, 6.07) is 7.99. The SMILES string of the molecule is CCCc1ccc(-c2cn(C)nc2F)cc1. The number of hydrogen-bond acceptors (Lipinski definition) is 1. The molecule has 0 spiro atoms. The second kappa shape index (κ2) is 4.47. The number of aromatic nitrogens is 2. The molecule has 84 valence electrons. The summed E-state index contributed by atoms with van der Waals surface area (Å²) in [5.74, 6) is -0.411. The minimum Gasteiger partial charge on any atom is -0.272 e. The van der Waals surface area contributed by atoms with Crippen molar-refractivity contribution in [2.45, 2.75) is 19.8 Å². The summed E-state index contributed by atoms with van der Waals surface area (Å²) >= 11 is 0. The molecule has 0 bridgehead atoms. The van der Waals surface area contributed by atoms with E-state index in [1.165, 1.54) is 10.2 Å². The lowest BCUT2D eigenvalue weighted by Gasteiger charge is -2.01. The van der Waals surface area contributed by atoms with Crippen molar-refractivity contribution >= 4 is 0 Å². The zero-order chi connectivity index (χ0) is 11.5. The highest BCUT2D eigenvalue weighted by Gasteiger charge is 2.08. The number of aryl methyl sites for hydroxylation is 2. The third-order valence-electron chi connectivity index (χ3n) is 2.59. The maximum Gasteiger partial charge on any atom is 0.240 e. The van der Waals surface area contributed by atoms with Gasteiger partial charge in [0.15, 0.2) is 0 Å². The van der Waals surface area contributed by atoms with Crippen LogP contribution in [0.1, 0.15) is 18.9 Å². The molecule has 0 aliphatic rings. The quantitative estimate of drug-likeness (QED) is 0.773. The molecule has 1 aromatic heterocycles. The maximum absolute atomic E-state index is 13.4. The first-order valence-corrected chi connectivity index (χ1v) is 5.49. The van der Waals surface area contributed by atoms with Crippen LogP contribution in [0.25, 0.3) is 11.1 Å². The van der Waals surface area contributed by atoms with Crippen LogP contribution >= 0.6 is 0 Å². The van der Waals surface area contributed by atoms with E-state index in [1.54, 1.807) is 13.2 Å². The Morgan fingerprint density at radius 2 is 1.94 bits per heavy atom. The summed E-state index contributed by atoms with van der Waals surface area (Å²) in [5.41, 5.74) is 2.73. The van der Waals surface area contributed by atoms with E-state index in [4.69, 9.17) is 0 Å². The van der Waals surface area contributed by atoms with Crippen LogP contribution in [-0.4, -0.2) is 9.78 Å². The monoisotopic (exact) mass is 218 g/mol. The molecule has 2 nitrogen and oxygen atoms in total. The molecule has 1 heterocycles. The summed E-state index contributed by atoms with van der Waals surface area (Å²) < 4.78 is 14.9.